The van der Waals surface area contributed by atoms with E-state index in [4.69, 9.17) is 5.10 Å². The summed E-state index contributed by atoms with van der Waals surface area (Å²) in [6.07, 6.45) is 5.88. The third kappa shape index (κ3) is 4.30. The summed E-state index contributed by atoms with van der Waals surface area (Å²) in [4.78, 5) is 13.0. The van der Waals surface area contributed by atoms with E-state index in [1.165, 1.54) is 23.3 Å². The van der Waals surface area contributed by atoms with Crippen molar-refractivity contribution in [2.45, 2.75) is 15.8 Å². The first kappa shape index (κ1) is 20.7. The van der Waals surface area contributed by atoms with Crippen LogP contribution in [0.3, 0.4) is 0 Å². The summed E-state index contributed by atoms with van der Waals surface area (Å²) in [6.45, 7) is 0.382. The molecular weight excluding hydrogens is 432 g/mol. The zero-order valence-corrected chi connectivity index (χ0v) is 19.0. The number of nitrogens with one attached hydrogen (secondary N) is 1. The summed E-state index contributed by atoms with van der Waals surface area (Å²) in [5, 5.41) is 8.65. The van der Waals surface area contributed by atoms with Gasteiger partial charge in [-0.25, -0.2) is 4.68 Å². The highest BCUT2D eigenvalue weighted by Gasteiger charge is 2.21. The van der Waals surface area contributed by atoms with Crippen LogP contribution in [0.1, 0.15) is 15.9 Å². The van der Waals surface area contributed by atoms with Gasteiger partial charge in [0.1, 0.15) is 5.03 Å². The maximum absolute atomic E-state index is 13.0. The Kier molecular flexibility index (Phi) is 6.56. The molecular formula is C22H20N4OS3. The molecule has 1 N–H and O–H groups in total. The number of hydrogen-bond acceptors (Lipinski definition) is 6. The summed E-state index contributed by atoms with van der Waals surface area (Å²) in [7, 11) is 0. The Bertz CT molecular complexity index is 1120. The van der Waals surface area contributed by atoms with Gasteiger partial charge < -0.3 is 5.32 Å². The molecule has 4 aromatic rings. The molecule has 5 nitrogen and oxygen atoms in total. The number of carbonyl (C=O) groups is 1. The zero-order valence-electron chi connectivity index (χ0n) is 16.5. The molecule has 0 aliphatic heterocycles. The Balaban J connectivity index is 1.64. The quantitative estimate of drug-likeness (QED) is 0.382. The fourth-order valence-electron chi connectivity index (χ4n) is 3.08. The molecule has 0 unspecified atom stereocenters. The smallest absolute Gasteiger partial charge is 0.256 e. The van der Waals surface area contributed by atoms with Crippen molar-refractivity contribution in [3.05, 3.63) is 78.0 Å². The fourth-order valence-corrected chi connectivity index (χ4v) is 5.36. The molecule has 0 saturated carbocycles. The highest BCUT2D eigenvalue weighted by Crippen LogP contribution is 2.32. The van der Waals surface area contributed by atoms with Gasteiger partial charge >= 0.3 is 0 Å². The predicted molar refractivity (Wildman–Crippen MR) is 126 cm³/mol. The molecule has 2 aromatic heterocycles. The minimum Gasteiger partial charge on any atom is -0.348 e. The van der Waals surface area contributed by atoms with Gasteiger partial charge in [-0.05, 0) is 36.2 Å². The van der Waals surface area contributed by atoms with E-state index in [0.29, 0.717) is 12.1 Å². The number of para-hydroxylation sites is 1. The third-order valence-electron chi connectivity index (χ3n) is 4.53. The zero-order chi connectivity index (χ0) is 20.9. The standard InChI is InChI=1S/C22H20N4OS3/c1-28-21-18(22(29-2)30-25-21)20(27)23-13-16-14-26(17-11-7-4-8-12-17)24-19(16)15-9-5-3-6-10-15/h3-12,14H,13H2,1-2H3,(H,23,27). The van der Waals surface area contributed by atoms with E-state index < -0.39 is 0 Å². The van der Waals surface area contributed by atoms with Crippen LogP contribution in [0.2, 0.25) is 0 Å². The van der Waals surface area contributed by atoms with Gasteiger partial charge in [0.15, 0.2) is 0 Å². The lowest BCUT2D eigenvalue weighted by atomic mass is 10.1. The molecule has 0 aliphatic rings. The lowest BCUT2D eigenvalue weighted by molar-refractivity contribution is 0.0945. The maximum Gasteiger partial charge on any atom is 0.256 e. The molecule has 30 heavy (non-hydrogen) atoms. The van der Waals surface area contributed by atoms with Crippen molar-refractivity contribution in [2.24, 2.45) is 0 Å². The second-order valence-corrected chi connectivity index (χ2v) is 9.03. The minimum absolute atomic E-state index is 0.107. The summed E-state index contributed by atoms with van der Waals surface area (Å²) < 4.78 is 7.19. The minimum atomic E-state index is -0.107. The summed E-state index contributed by atoms with van der Waals surface area (Å²) in [5.41, 5.74) is 4.47. The third-order valence-corrected chi connectivity index (χ3v) is 7.27. The second kappa shape index (κ2) is 9.51. The number of hydrogen-bond donors (Lipinski definition) is 1. The number of thioether (sulfide) groups is 2. The molecule has 0 bridgehead atoms. The molecule has 8 heteroatoms. The SMILES string of the molecule is CSc1nsc(SC)c1C(=O)NCc1cn(-c2ccccc2)nc1-c1ccccc1. The van der Waals surface area contributed by atoms with Gasteiger partial charge in [-0.2, -0.15) is 9.47 Å². The molecule has 0 radical (unpaired) electrons. The number of benzene rings is 2. The summed E-state index contributed by atoms with van der Waals surface area (Å²) in [5.74, 6) is -0.107. The molecule has 0 aliphatic carbocycles. The normalized spacial score (nSPS) is 10.9. The maximum atomic E-state index is 13.0. The number of rotatable bonds is 7. The van der Waals surface area contributed by atoms with Crippen LogP contribution in [-0.2, 0) is 6.54 Å². The van der Waals surface area contributed by atoms with Crippen LogP contribution >= 0.6 is 35.1 Å². The first-order chi connectivity index (χ1) is 14.7. The first-order valence-corrected chi connectivity index (χ1v) is 12.5. The van der Waals surface area contributed by atoms with Gasteiger partial charge in [-0.1, -0.05) is 48.5 Å². The van der Waals surface area contributed by atoms with Crippen molar-refractivity contribution >= 4 is 41.0 Å². The molecule has 0 spiro atoms. The van der Waals surface area contributed by atoms with Crippen LogP contribution in [0.5, 0.6) is 0 Å². The van der Waals surface area contributed by atoms with Crippen molar-refractivity contribution < 1.29 is 4.79 Å². The second-order valence-electron chi connectivity index (χ2n) is 6.39. The molecule has 0 atom stereocenters. The number of amides is 1. The Morgan fingerprint density at radius 2 is 1.73 bits per heavy atom. The molecule has 0 saturated heterocycles. The molecule has 2 heterocycles. The summed E-state index contributed by atoms with van der Waals surface area (Å²) in [6, 6.07) is 20.0. The van der Waals surface area contributed by atoms with E-state index in [9.17, 15) is 4.79 Å². The van der Waals surface area contributed by atoms with Gasteiger partial charge in [-0.15, -0.1) is 23.5 Å². The van der Waals surface area contributed by atoms with E-state index >= 15 is 0 Å². The van der Waals surface area contributed by atoms with Crippen molar-refractivity contribution in [1.82, 2.24) is 19.5 Å². The molecule has 0 fully saturated rings. The monoisotopic (exact) mass is 452 g/mol. The van der Waals surface area contributed by atoms with Crippen LogP contribution in [0, 0.1) is 0 Å². The lowest BCUT2D eigenvalue weighted by Gasteiger charge is -2.07. The van der Waals surface area contributed by atoms with E-state index in [1.54, 1.807) is 11.8 Å². The van der Waals surface area contributed by atoms with Gasteiger partial charge in [0.05, 0.1) is 21.2 Å². The Morgan fingerprint density at radius 1 is 1.03 bits per heavy atom. The lowest BCUT2D eigenvalue weighted by Crippen LogP contribution is -2.23. The molecule has 1 amide bonds. The Morgan fingerprint density at radius 3 is 2.40 bits per heavy atom. The topological polar surface area (TPSA) is 59.8 Å². The predicted octanol–water partition coefficient (Wildman–Crippen LogP) is 5.37. The van der Waals surface area contributed by atoms with Crippen LogP contribution in [0.4, 0.5) is 0 Å². The number of carbonyl (C=O) groups excluding carboxylic acids is 1. The highest BCUT2D eigenvalue weighted by atomic mass is 32.2. The van der Waals surface area contributed by atoms with Crippen LogP contribution in [0.25, 0.3) is 16.9 Å². The van der Waals surface area contributed by atoms with Crippen LogP contribution in [-0.4, -0.2) is 32.6 Å². The van der Waals surface area contributed by atoms with E-state index in [1.807, 2.05) is 84.1 Å². The number of aromatic nitrogens is 3. The Labute approximate surface area is 188 Å². The highest BCUT2D eigenvalue weighted by molar-refractivity contribution is 8.01. The van der Waals surface area contributed by atoms with Crippen molar-refractivity contribution in [2.75, 3.05) is 12.5 Å². The average Bonchev–Trinajstić information content (AvgIpc) is 3.42. The fraction of sp³-hybridized carbons (Fsp3) is 0.136. The van der Waals surface area contributed by atoms with Crippen molar-refractivity contribution in [3.63, 3.8) is 0 Å². The molecule has 4 rings (SSSR count). The molecule has 152 valence electrons. The van der Waals surface area contributed by atoms with Crippen LogP contribution in [0.15, 0.2) is 76.1 Å². The van der Waals surface area contributed by atoms with Gasteiger partial charge in [-0.3, -0.25) is 4.79 Å². The summed E-state index contributed by atoms with van der Waals surface area (Å²) >= 11 is 4.41. The van der Waals surface area contributed by atoms with E-state index in [0.717, 1.165) is 31.7 Å². The molecule has 2 aromatic carbocycles. The Hall–Kier alpha value is -2.55. The first-order valence-electron chi connectivity index (χ1n) is 9.26. The van der Waals surface area contributed by atoms with E-state index in [-0.39, 0.29) is 5.91 Å². The van der Waals surface area contributed by atoms with Gasteiger partial charge in [0, 0.05) is 23.9 Å². The average molecular weight is 453 g/mol. The van der Waals surface area contributed by atoms with Gasteiger partial charge in [0.25, 0.3) is 5.91 Å². The largest absolute Gasteiger partial charge is 0.348 e. The van der Waals surface area contributed by atoms with E-state index in [2.05, 4.69) is 9.69 Å². The number of nitrogens with zero attached hydrogens (tertiary/aromatic N) is 3. The van der Waals surface area contributed by atoms with Crippen LogP contribution < -0.4 is 5.32 Å². The van der Waals surface area contributed by atoms with Gasteiger partial charge in [0.2, 0.25) is 0 Å². The van der Waals surface area contributed by atoms with Crippen molar-refractivity contribution in [1.29, 1.82) is 0 Å². The van der Waals surface area contributed by atoms with Crippen molar-refractivity contribution in [3.8, 4) is 16.9 Å².